The number of esters is 1. The highest BCUT2D eigenvalue weighted by Gasteiger charge is 2.21. The number of nitrogens with zero attached hydrogens (tertiary/aromatic N) is 1. The molecule has 23 heavy (non-hydrogen) atoms. The maximum absolute atomic E-state index is 12.5. The van der Waals surface area contributed by atoms with E-state index in [1.807, 2.05) is 30.3 Å². The van der Waals surface area contributed by atoms with E-state index in [0.29, 0.717) is 26.2 Å². The van der Waals surface area contributed by atoms with Crippen LogP contribution in [0, 0.1) is 0 Å². The number of ether oxygens (including phenoxy) is 2. The van der Waals surface area contributed by atoms with Crippen molar-refractivity contribution in [2.45, 2.75) is 13.3 Å². The van der Waals surface area contributed by atoms with Crippen molar-refractivity contribution in [2.24, 2.45) is 0 Å². The van der Waals surface area contributed by atoms with Gasteiger partial charge in [0.05, 0.1) is 19.8 Å². The van der Waals surface area contributed by atoms with Crippen molar-refractivity contribution in [2.75, 3.05) is 39.5 Å². The third kappa shape index (κ3) is 5.62. The number of carbonyl (C=O) groups excluding carboxylic acids is 2. The van der Waals surface area contributed by atoms with Crippen molar-refractivity contribution in [1.82, 2.24) is 4.90 Å². The molecule has 0 N–H and O–H groups in total. The van der Waals surface area contributed by atoms with Gasteiger partial charge in [-0.1, -0.05) is 30.3 Å². The Balaban J connectivity index is 2.04. The molecule has 5 heteroatoms. The van der Waals surface area contributed by atoms with E-state index < -0.39 is 5.97 Å². The summed E-state index contributed by atoms with van der Waals surface area (Å²) in [4.78, 5) is 26.7. The van der Waals surface area contributed by atoms with Gasteiger partial charge in [-0.2, -0.15) is 0 Å². The molecular weight excluding hydrogens is 294 g/mol. The normalized spacial score (nSPS) is 16.1. The second kappa shape index (κ2) is 9.22. The molecule has 0 radical (unpaired) electrons. The van der Waals surface area contributed by atoms with Crippen LogP contribution in [0.1, 0.15) is 18.9 Å². The van der Waals surface area contributed by atoms with Gasteiger partial charge in [0.1, 0.15) is 5.57 Å². The molecule has 0 atom stereocenters. The highest BCUT2D eigenvalue weighted by Crippen LogP contribution is 2.12. The summed E-state index contributed by atoms with van der Waals surface area (Å²) in [7, 11) is 0. The van der Waals surface area contributed by atoms with E-state index in [1.165, 1.54) is 0 Å². The highest BCUT2D eigenvalue weighted by molar-refractivity contribution is 6.20. The monoisotopic (exact) mass is 317 g/mol. The Morgan fingerprint density at radius 3 is 2.57 bits per heavy atom. The minimum Gasteiger partial charge on any atom is -0.462 e. The van der Waals surface area contributed by atoms with Crippen LogP contribution in [-0.4, -0.2) is 56.1 Å². The minimum atomic E-state index is -0.552. The molecule has 0 aliphatic carbocycles. The molecule has 2 rings (SSSR count). The van der Waals surface area contributed by atoms with Gasteiger partial charge in [0.25, 0.3) is 0 Å². The largest absolute Gasteiger partial charge is 0.462 e. The fraction of sp³-hybridized carbons (Fsp3) is 0.444. The lowest BCUT2D eigenvalue weighted by atomic mass is 10.0. The van der Waals surface area contributed by atoms with Gasteiger partial charge < -0.3 is 9.47 Å². The van der Waals surface area contributed by atoms with Crippen molar-refractivity contribution in [3.8, 4) is 0 Å². The maximum atomic E-state index is 12.5. The summed E-state index contributed by atoms with van der Waals surface area (Å²) < 4.78 is 10.3. The molecule has 0 bridgehead atoms. The Bertz CT molecular complexity index is 547. The summed E-state index contributed by atoms with van der Waals surface area (Å²) in [6.45, 7) is 5.65. The molecule has 1 aliphatic heterocycles. The molecule has 1 aromatic rings. The summed E-state index contributed by atoms with van der Waals surface area (Å²) in [6, 6.07) is 9.34. The third-order valence-electron chi connectivity index (χ3n) is 3.67. The van der Waals surface area contributed by atoms with Crippen molar-refractivity contribution in [1.29, 1.82) is 0 Å². The molecular formula is C18H23NO4. The first kappa shape index (κ1) is 17.4. The maximum Gasteiger partial charge on any atom is 0.341 e. The predicted molar refractivity (Wildman–Crippen MR) is 87.9 cm³/mol. The van der Waals surface area contributed by atoms with Crippen LogP contribution in [0.5, 0.6) is 0 Å². The first-order chi connectivity index (χ1) is 11.2. The van der Waals surface area contributed by atoms with Crippen LogP contribution < -0.4 is 0 Å². The van der Waals surface area contributed by atoms with Crippen LogP contribution in [0.2, 0.25) is 0 Å². The molecule has 1 fully saturated rings. The van der Waals surface area contributed by atoms with Gasteiger partial charge in [-0.3, -0.25) is 9.69 Å². The molecule has 0 saturated carbocycles. The Kier molecular flexibility index (Phi) is 6.97. The number of morpholine rings is 1. The second-order valence-electron chi connectivity index (χ2n) is 5.32. The quantitative estimate of drug-likeness (QED) is 0.333. The third-order valence-corrected chi connectivity index (χ3v) is 3.67. The summed E-state index contributed by atoms with van der Waals surface area (Å²) in [5.41, 5.74) is 0.932. The lowest BCUT2D eigenvalue weighted by Crippen LogP contribution is -2.37. The van der Waals surface area contributed by atoms with Crippen molar-refractivity contribution >= 4 is 17.8 Å². The van der Waals surface area contributed by atoms with Gasteiger partial charge in [0, 0.05) is 26.1 Å². The number of rotatable bonds is 7. The molecule has 0 amide bonds. The number of hydrogen-bond donors (Lipinski definition) is 0. The molecule has 0 unspecified atom stereocenters. The summed E-state index contributed by atoms with van der Waals surface area (Å²) >= 11 is 0. The first-order valence-electron chi connectivity index (χ1n) is 7.98. The van der Waals surface area contributed by atoms with E-state index in [4.69, 9.17) is 9.47 Å². The summed E-state index contributed by atoms with van der Waals surface area (Å²) in [6.07, 6.45) is 1.91. The van der Waals surface area contributed by atoms with Crippen molar-refractivity contribution in [3.05, 3.63) is 41.5 Å². The van der Waals surface area contributed by atoms with E-state index in [2.05, 4.69) is 4.90 Å². The molecule has 1 heterocycles. The zero-order chi connectivity index (χ0) is 16.5. The van der Waals surface area contributed by atoms with Gasteiger partial charge in [-0.05, 0) is 18.6 Å². The van der Waals surface area contributed by atoms with Gasteiger partial charge in [-0.15, -0.1) is 0 Å². The van der Waals surface area contributed by atoms with Crippen LogP contribution in [0.15, 0.2) is 35.9 Å². The average molecular weight is 317 g/mol. The molecule has 1 aliphatic rings. The Hall–Kier alpha value is -1.98. The topological polar surface area (TPSA) is 55.8 Å². The fourth-order valence-corrected chi connectivity index (χ4v) is 2.40. The molecule has 1 aromatic carbocycles. The van der Waals surface area contributed by atoms with Crippen LogP contribution in [0.4, 0.5) is 0 Å². The van der Waals surface area contributed by atoms with Crippen molar-refractivity contribution < 1.29 is 19.1 Å². The van der Waals surface area contributed by atoms with Crippen molar-refractivity contribution in [3.63, 3.8) is 0 Å². The highest BCUT2D eigenvalue weighted by atomic mass is 16.5. The number of carbonyl (C=O) groups is 2. The van der Waals surface area contributed by atoms with Crippen LogP contribution in [-0.2, 0) is 19.1 Å². The fourth-order valence-electron chi connectivity index (χ4n) is 2.40. The predicted octanol–water partition coefficient (Wildman–Crippen LogP) is 1.92. The Morgan fingerprint density at radius 2 is 1.91 bits per heavy atom. The molecule has 5 nitrogen and oxygen atoms in total. The molecule has 124 valence electrons. The number of Topliss-reactive ketones (excluding diaryl/α,β-unsaturated/α-hetero) is 1. The minimum absolute atomic E-state index is 0.117. The average Bonchev–Trinajstić information content (AvgIpc) is 2.59. The zero-order valence-electron chi connectivity index (χ0n) is 13.5. The van der Waals surface area contributed by atoms with Crippen LogP contribution in [0.25, 0.3) is 6.08 Å². The van der Waals surface area contributed by atoms with Gasteiger partial charge in [-0.25, -0.2) is 4.79 Å². The van der Waals surface area contributed by atoms with Gasteiger partial charge >= 0.3 is 5.97 Å². The molecule has 0 spiro atoms. The first-order valence-corrected chi connectivity index (χ1v) is 7.98. The number of hydrogen-bond acceptors (Lipinski definition) is 5. The second-order valence-corrected chi connectivity index (χ2v) is 5.32. The lowest BCUT2D eigenvalue weighted by molar-refractivity contribution is -0.139. The Morgan fingerprint density at radius 1 is 1.22 bits per heavy atom. The number of benzene rings is 1. The SMILES string of the molecule is CCOC(=O)/C(=C/c1ccccc1)C(=O)CCN1CCOCC1. The molecule has 0 aromatic heterocycles. The van der Waals surface area contributed by atoms with Gasteiger partial charge in [0.2, 0.25) is 0 Å². The number of ketones is 1. The summed E-state index contributed by atoms with van der Waals surface area (Å²) in [5.74, 6) is -0.734. The standard InChI is InChI=1S/C18H23NO4/c1-2-23-18(21)16(14-15-6-4-3-5-7-15)17(20)8-9-19-10-12-22-13-11-19/h3-7,14H,2,8-13H2,1H3/b16-14+. The van der Waals surface area contributed by atoms with Crippen LogP contribution in [0.3, 0.4) is 0 Å². The van der Waals surface area contributed by atoms with E-state index in [0.717, 1.165) is 18.7 Å². The lowest BCUT2D eigenvalue weighted by Gasteiger charge is -2.26. The van der Waals surface area contributed by atoms with E-state index in [1.54, 1.807) is 13.0 Å². The Labute approximate surface area is 136 Å². The molecule has 1 saturated heterocycles. The van der Waals surface area contributed by atoms with Gasteiger partial charge in [0.15, 0.2) is 5.78 Å². The van der Waals surface area contributed by atoms with E-state index in [9.17, 15) is 9.59 Å². The van der Waals surface area contributed by atoms with Crippen LogP contribution >= 0.6 is 0 Å². The zero-order valence-corrected chi connectivity index (χ0v) is 13.5. The smallest absolute Gasteiger partial charge is 0.341 e. The van der Waals surface area contributed by atoms with E-state index in [-0.39, 0.29) is 18.0 Å². The van der Waals surface area contributed by atoms with E-state index >= 15 is 0 Å². The summed E-state index contributed by atoms with van der Waals surface area (Å²) in [5, 5.41) is 0.